The molecule has 0 saturated carbocycles. The van der Waals surface area contributed by atoms with E-state index >= 15 is 0 Å². The SMILES string of the molecule is Cc1c(NC(=O)c2ccc(C(C)(C)C)cc2F)cccc1-c1cc(C(N)=O)c2[nH]nc(N)c2c1. The number of hydrogen-bond acceptors (Lipinski definition) is 4. The number of primary amides is 1. The van der Waals surface area contributed by atoms with Crippen LogP contribution in [0.2, 0.25) is 0 Å². The Morgan fingerprint density at radius 1 is 1.06 bits per heavy atom. The van der Waals surface area contributed by atoms with Crippen molar-refractivity contribution in [1.82, 2.24) is 10.2 Å². The van der Waals surface area contributed by atoms with Crippen LogP contribution in [0.15, 0.2) is 48.5 Å². The number of halogens is 1. The lowest BCUT2D eigenvalue weighted by Crippen LogP contribution is -2.17. The van der Waals surface area contributed by atoms with Gasteiger partial charge < -0.3 is 16.8 Å². The van der Waals surface area contributed by atoms with Crippen LogP contribution in [0.3, 0.4) is 0 Å². The van der Waals surface area contributed by atoms with Crippen LogP contribution in [0.25, 0.3) is 22.0 Å². The highest BCUT2D eigenvalue weighted by Gasteiger charge is 2.20. The summed E-state index contributed by atoms with van der Waals surface area (Å²) in [5.74, 6) is -1.50. The van der Waals surface area contributed by atoms with Crippen LogP contribution in [0.5, 0.6) is 0 Å². The molecule has 174 valence electrons. The van der Waals surface area contributed by atoms with Crippen molar-refractivity contribution >= 4 is 34.2 Å². The van der Waals surface area contributed by atoms with Crippen LogP contribution >= 0.6 is 0 Å². The number of H-pyrrole nitrogens is 1. The topological polar surface area (TPSA) is 127 Å². The molecule has 34 heavy (non-hydrogen) atoms. The molecular weight excluding hydrogens is 433 g/mol. The molecule has 7 nitrogen and oxygen atoms in total. The van der Waals surface area contributed by atoms with E-state index in [1.807, 2.05) is 33.8 Å². The number of anilines is 2. The summed E-state index contributed by atoms with van der Waals surface area (Å²) >= 11 is 0. The smallest absolute Gasteiger partial charge is 0.258 e. The van der Waals surface area contributed by atoms with Crippen molar-refractivity contribution in [3.8, 4) is 11.1 Å². The zero-order valence-corrected chi connectivity index (χ0v) is 19.4. The molecule has 1 aromatic heterocycles. The molecule has 0 aliphatic heterocycles. The van der Waals surface area contributed by atoms with Gasteiger partial charge in [0.15, 0.2) is 5.82 Å². The molecule has 0 saturated heterocycles. The second-order valence-corrected chi connectivity index (χ2v) is 9.30. The Kier molecular flexibility index (Phi) is 5.61. The third-order valence-corrected chi connectivity index (χ3v) is 5.94. The van der Waals surface area contributed by atoms with E-state index < -0.39 is 17.6 Å². The van der Waals surface area contributed by atoms with Crippen LogP contribution in [0, 0.1) is 12.7 Å². The monoisotopic (exact) mass is 459 g/mol. The van der Waals surface area contributed by atoms with Gasteiger partial charge in [0, 0.05) is 11.1 Å². The normalized spacial score (nSPS) is 11.6. The van der Waals surface area contributed by atoms with Crippen molar-refractivity contribution in [3.05, 3.63) is 76.6 Å². The minimum absolute atomic E-state index is 0.0404. The first-order chi connectivity index (χ1) is 16.0. The number of aromatic amines is 1. The third kappa shape index (κ3) is 4.10. The van der Waals surface area contributed by atoms with Crippen LogP contribution in [-0.4, -0.2) is 22.0 Å². The number of amides is 2. The summed E-state index contributed by atoms with van der Waals surface area (Å²) in [6, 6.07) is 13.5. The summed E-state index contributed by atoms with van der Waals surface area (Å²) in [6.07, 6.45) is 0. The number of nitrogens with one attached hydrogen (secondary N) is 2. The fourth-order valence-corrected chi connectivity index (χ4v) is 3.93. The van der Waals surface area contributed by atoms with Gasteiger partial charge in [-0.25, -0.2) is 4.39 Å². The number of nitrogen functional groups attached to an aromatic ring is 1. The maximum atomic E-state index is 14.7. The Bertz CT molecular complexity index is 1450. The first-order valence-corrected chi connectivity index (χ1v) is 10.8. The zero-order chi connectivity index (χ0) is 24.8. The molecule has 3 aromatic carbocycles. The number of rotatable bonds is 4. The predicted octanol–water partition coefficient (Wildman–Crippen LogP) is 4.91. The minimum Gasteiger partial charge on any atom is -0.382 e. The Labute approximate surface area is 196 Å². The summed E-state index contributed by atoms with van der Waals surface area (Å²) in [7, 11) is 0. The summed E-state index contributed by atoms with van der Waals surface area (Å²) in [4.78, 5) is 24.9. The number of aromatic nitrogens is 2. The molecule has 0 bridgehead atoms. The molecule has 4 rings (SSSR count). The van der Waals surface area contributed by atoms with Crippen molar-refractivity contribution in [3.63, 3.8) is 0 Å². The summed E-state index contributed by atoms with van der Waals surface area (Å²) < 4.78 is 14.7. The second-order valence-electron chi connectivity index (χ2n) is 9.30. The lowest BCUT2D eigenvalue weighted by molar-refractivity contribution is 0.0998. The molecule has 6 N–H and O–H groups in total. The highest BCUT2D eigenvalue weighted by Crippen LogP contribution is 2.34. The Morgan fingerprint density at radius 3 is 2.44 bits per heavy atom. The van der Waals surface area contributed by atoms with Gasteiger partial charge in [0.1, 0.15) is 5.82 Å². The largest absolute Gasteiger partial charge is 0.382 e. The molecule has 0 atom stereocenters. The number of carbonyl (C=O) groups excluding carboxylic acids is 2. The van der Waals surface area contributed by atoms with E-state index in [2.05, 4.69) is 15.5 Å². The lowest BCUT2D eigenvalue weighted by Gasteiger charge is -2.19. The van der Waals surface area contributed by atoms with Gasteiger partial charge >= 0.3 is 0 Å². The van der Waals surface area contributed by atoms with E-state index in [1.165, 1.54) is 12.1 Å². The molecule has 2 amide bonds. The number of benzene rings is 3. The quantitative estimate of drug-likeness (QED) is 0.346. The van der Waals surface area contributed by atoms with Gasteiger partial charge in [-0.3, -0.25) is 14.7 Å². The van der Waals surface area contributed by atoms with Gasteiger partial charge in [-0.05, 0) is 64.9 Å². The van der Waals surface area contributed by atoms with Gasteiger partial charge in [0.2, 0.25) is 0 Å². The molecule has 0 aliphatic carbocycles. The van der Waals surface area contributed by atoms with Crippen molar-refractivity contribution in [2.75, 3.05) is 11.1 Å². The summed E-state index contributed by atoms with van der Waals surface area (Å²) in [5.41, 5.74) is 15.5. The highest BCUT2D eigenvalue weighted by molar-refractivity contribution is 6.09. The Balaban J connectivity index is 1.72. The molecule has 0 aliphatic rings. The maximum Gasteiger partial charge on any atom is 0.258 e. The second kappa shape index (κ2) is 8.30. The number of carbonyl (C=O) groups is 2. The Morgan fingerprint density at radius 2 is 1.79 bits per heavy atom. The molecular formula is C26H26FN5O2. The molecule has 0 spiro atoms. The van der Waals surface area contributed by atoms with Gasteiger partial charge in [0.05, 0.1) is 16.6 Å². The number of nitrogens with two attached hydrogens (primary N) is 2. The first-order valence-electron chi connectivity index (χ1n) is 10.8. The van der Waals surface area contributed by atoms with Crippen LogP contribution in [0.1, 0.15) is 52.6 Å². The van der Waals surface area contributed by atoms with Gasteiger partial charge in [0.25, 0.3) is 11.8 Å². The van der Waals surface area contributed by atoms with E-state index in [1.54, 1.807) is 30.3 Å². The maximum absolute atomic E-state index is 14.7. The van der Waals surface area contributed by atoms with Crippen molar-refractivity contribution < 1.29 is 14.0 Å². The zero-order valence-electron chi connectivity index (χ0n) is 19.4. The fourth-order valence-electron chi connectivity index (χ4n) is 3.93. The van der Waals surface area contributed by atoms with Crippen molar-refractivity contribution in [1.29, 1.82) is 0 Å². The molecule has 4 aromatic rings. The van der Waals surface area contributed by atoms with E-state index in [0.29, 0.717) is 22.2 Å². The van der Waals surface area contributed by atoms with Crippen LogP contribution in [-0.2, 0) is 5.41 Å². The van der Waals surface area contributed by atoms with Crippen molar-refractivity contribution in [2.24, 2.45) is 5.73 Å². The lowest BCUT2D eigenvalue weighted by atomic mass is 9.86. The van der Waals surface area contributed by atoms with E-state index in [-0.39, 0.29) is 22.4 Å². The van der Waals surface area contributed by atoms with Crippen LogP contribution < -0.4 is 16.8 Å². The van der Waals surface area contributed by atoms with Gasteiger partial charge in [-0.1, -0.05) is 39.0 Å². The molecule has 1 heterocycles. The number of nitrogens with zero attached hydrogens (tertiary/aromatic N) is 1. The van der Waals surface area contributed by atoms with E-state index in [4.69, 9.17) is 11.5 Å². The molecule has 0 unspecified atom stereocenters. The molecule has 0 fully saturated rings. The molecule has 0 radical (unpaired) electrons. The average Bonchev–Trinajstić information content (AvgIpc) is 3.14. The molecule has 8 heteroatoms. The summed E-state index contributed by atoms with van der Waals surface area (Å²) in [5, 5.41) is 10.1. The standard InChI is InChI=1S/C26H26FN5O2/c1-13-16(14-10-18-22(31-32-23(18)28)19(11-14)24(29)33)6-5-7-21(13)30-25(34)17-9-8-15(12-20(17)27)26(2,3)4/h5-12H,1-4H3,(H2,29,33)(H,30,34)(H3,28,31,32). The predicted molar refractivity (Wildman–Crippen MR) is 132 cm³/mol. The number of hydrogen-bond donors (Lipinski definition) is 4. The number of fused-ring (bicyclic) bond motifs is 1. The minimum atomic E-state index is -0.619. The average molecular weight is 460 g/mol. The Hall–Kier alpha value is -4.20. The van der Waals surface area contributed by atoms with Gasteiger partial charge in [-0.15, -0.1) is 0 Å². The fraction of sp³-hybridized carbons (Fsp3) is 0.192. The van der Waals surface area contributed by atoms with Crippen LogP contribution in [0.4, 0.5) is 15.9 Å². The summed E-state index contributed by atoms with van der Waals surface area (Å²) in [6.45, 7) is 7.77. The first kappa shape index (κ1) is 23.0. The third-order valence-electron chi connectivity index (χ3n) is 5.94. The van der Waals surface area contributed by atoms with E-state index in [0.717, 1.165) is 16.7 Å². The van der Waals surface area contributed by atoms with E-state index in [9.17, 15) is 14.0 Å². The van der Waals surface area contributed by atoms with Gasteiger partial charge in [-0.2, -0.15) is 5.10 Å². The highest BCUT2D eigenvalue weighted by atomic mass is 19.1. The van der Waals surface area contributed by atoms with Crippen molar-refractivity contribution in [2.45, 2.75) is 33.1 Å².